The Morgan fingerprint density at radius 3 is 2.42 bits per heavy atom. The second-order valence-electron chi connectivity index (χ2n) is 4.12. The molecule has 100 valence electrons. The van der Waals surface area contributed by atoms with Crippen molar-refractivity contribution in [3.05, 3.63) is 54.1 Å². The van der Waals surface area contributed by atoms with Crippen molar-refractivity contribution in [1.29, 1.82) is 0 Å². The highest BCUT2D eigenvalue weighted by Crippen LogP contribution is 2.27. The van der Waals surface area contributed by atoms with Crippen LogP contribution >= 0.6 is 0 Å². The van der Waals surface area contributed by atoms with Crippen LogP contribution in [0, 0.1) is 0 Å². The lowest BCUT2D eigenvalue weighted by Gasteiger charge is -2.10. The first-order valence-corrected chi connectivity index (χ1v) is 7.41. The minimum atomic E-state index is -3.67. The summed E-state index contributed by atoms with van der Waals surface area (Å²) in [6.07, 6.45) is 0.764. The van der Waals surface area contributed by atoms with E-state index in [2.05, 4.69) is 4.72 Å². The van der Waals surface area contributed by atoms with Crippen LogP contribution in [0.15, 0.2) is 53.4 Å². The summed E-state index contributed by atoms with van der Waals surface area (Å²) in [7, 11) is -3.67. The first-order chi connectivity index (χ1) is 9.03. The Bertz CT molecular complexity index is 666. The van der Waals surface area contributed by atoms with Crippen molar-refractivity contribution < 1.29 is 13.5 Å². The van der Waals surface area contributed by atoms with E-state index < -0.39 is 10.0 Å². The third-order valence-electron chi connectivity index (χ3n) is 2.77. The van der Waals surface area contributed by atoms with Gasteiger partial charge in [0.25, 0.3) is 10.0 Å². The van der Waals surface area contributed by atoms with Gasteiger partial charge in [0.1, 0.15) is 5.75 Å². The van der Waals surface area contributed by atoms with Gasteiger partial charge in [-0.1, -0.05) is 31.2 Å². The summed E-state index contributed by atoms with van der Waals surface area (Å²) in [5.41, 5.74) is 1.15. The van der Waals surface area contributed by atoms with Gasteiger partial charge in [-0.3, -0.25) is 4.72 Å². The molecular weight excluding hydrogens is 262 g/mol. The molecular formula is C14H15NO3S. The smallest absolute Gasteiger partial charge is 0.262 e. The fraction of sp³-hybridized carbons (Fsp3) is 0.143. The lowest BCUT2D eigenvalue weighted by Crippen LogP contribution is -2.13. The molecule has 2 aromatic carbocycles. The first-order valence-electron chi connectivity index (χ1n) is 5.92. The van der Waals surface area contributed by atoms with E-state index >= 15 is 0 Å². The van der Waals surface area contributed by atoms with Crippen molar-refractivity contribution in [2.75, 3.05) is 4.72 Å². The average molecular weight is 277 g/mol. The summed E-state index contributed by atoms with van der Waals surface area (Å²) in [6.45, 7) is 1.96. The predicted octanol–water partition coefficient (Wildman–Crippen LogP) is 2.76. The molecule has 2 N–H and O–H groups in total. The van der Waals surface area contributed by atoms with Crippen LogP contribution in [0.5, 0.6) is 5.75 Å². The molecule has 0 atom stereocenters. The number of hydrogen-bond acceptors (Lipinski definition) is 3. The zero-order chi connectivity index (χ0) is 13.9. The highest BCUT2D eigenvalue weighted by Gasteiger charge is 2.15. The van der Waals surface area contributed by atoms with Gasteiger partial charge in [0.2, 0.25) is 0 Å². The molecule has 0 saturated heterocycles. The van der Waals surface area contributed by atoms with Crippen LogP contribution in [-0.4, -0.2) is 13.5 Å². The molecule has 0 bridgehead atoms. The Labute approximate surface area is 112 Å². The van der Waals surface area contributed by atoms with E-state index in [1.165, 1.54) is 18.2 Å². The summed E-state index contributed by atoms with van der Waals surface area (Å²) < 4.78 is 26.7. The van der Waals surface area contributed by atoms with E-state index in [1.54, 1.807) is 30.3 Å². The van der Waals surface area contributed by atoms with E-state index in [4.69, 9.17) is 0 Å². The highest BCUT2D eigenvalue weighted by molar-refractivity contribution is 7.92. The van der Waals surface area contributed by atoms with Crippen molar-refractivity contribution in [1.82, 2.24) is 0 Å². The molecule has 0 aliphatic rings. The Balaban J connectivity index is 2.36. The molecule has 2 aromatic rings. The molecule has 0 unspecified atom stereocenters. The van der Waals surface area contributed by atoms with Gasteiger partial charge >= 0.3 is 0 Å². The molecule has 5 heteroatoms. The van der Waals surface area contributed by atoms with Crippen LogP contribution < -0.4 is 4.72 Å². The number of aromatic hydroxyl groups is 1. The van der Waals surface area contributed by atoms with Crippen LogP contribution in [0.3, 0.4) is 0 Å². The van der Waals surface area contributed by atoms with Crippen molar-refractivity contribution in [2.45, 2.75) is 18.2 Å². The summed E-state index contributed by atoms with van der Waals surface area (Å²) in [6, 6.07) is 12.9. The van der Waals surface area contributed by atoms with Crippen LogP contribution in [0.4, 0.5) is 5.69 Å². The molecule has 0 aliphatic carbocycles. The van der Waals surface area contributed by atoms with Gasteiger partial charge in [0.05, 0.1) is 10.6 Å². The molecule has 2 rings (SSSR count). The third kappa shape index (κ3) is 3.06. The SMILES string of the molecule is CCc1ccc(O)c(NS(=O)(=O)c2ccccc2)c1. The van der Waals surface area contributed by atoms with Crippen LogP contribution in [0.25, 0.3) is 0 Å². The fourth-order valence-corrected chi connectivity index (χ4v) is 2.77. The monoisotopic (exact) mass is 277 g/mol. The standard InChI is InChI=1S/C14H15NO3S/c1-2-11-8-9-14(16)13(10-11)15-19(17,18)12-6-4-3-5-7-12/h3-10,15-16H,2H2,1H3. The fourth-order valence-electron chi connectivity index (χ4n) is 1.69. The van der Waals surface area contributed by atoms with Crippen molar-refractivity contribution >= 4 is 15.7 Å². The molecule has 0 heterocycles. The Morgan fingerprint density at radius 1 is 1.11 bits per heavy atom. The highest BCUT2D eigenvalue weighted by atomic mass is 32.2. The van der Waals surface area contributed by atoms with Crippen molar-refractivity contribution in [3.63, 3.8) is 0 Å². The van der Waals surface area contributed by atoms with Crippen molar-refractivity contribution in [3.8, 4) is 5.75 Å². The zero-order valence-electron chi connectivity index (χ0n) is 10.5. The molecule has 0 saturated carbocycles. The average Bonchev–Trinajstić information content (AvgIpc) is 2.42. The quantitative estimate of drug-likeness (QED) is 0.844. The maximum Gasteiger partial charge on any atom is 0.262 e. The largest absolute Gasteiger partial charge is 0.506 e. The second kappa shape index (κ2) is 5.32. The number of hydrogen-bond donors (Lipinski definition) is 2. The van der Waals surface area contributed by atoms with E-state index in [0.717, 1.165) is 12.0 Å². The minimum Gasteiger partial charge on any atom is -0.506 e. The van der Waals surface area contributed by atoms with Gasteiger partial charge in [0, 0.05) is 0 Å². The second-order valence-corrected chi connectivity index (χ2v) is 5.81. The van der Waals surface area contributed by atoms with Crippen molar-refractivity contribution in [2.24, 2.45) is 0 Å². The van der Waals surface area contributed by atoms with Gasteiger partial charge in [-0.25, -0.2) is 8.42 Å². The molecule has 19 heavy (non-hydrogen) atoms. The van der Waals surface area contributed by atoms with Gasteiger partial charge < -0.3 is 5.11 Å². The number of sulfonamides is 1. The Morgan fingerprint density at radius 2 is 1.79 bits per heavy atom. The maximum absolute atomic E-state index is 12.1. The number of anilines is 1. The van der Waals surface area contributed by atoms with E-state index in [-0.39, 0.29) is 16.3 Å². The normalized spacial score (nSPS) is 11.2. The minimum absolute atomic E-state index is 0.0864. The molecule has 4 nitrogen and oxygen atoms in total. The predicted molar refractivity (Wildman–Crippen MR) is 74.7 cm³/mol. The number of aryl methyl sites for hydroxylation is 1. The molecule has 0 radical (unpaired) electrons. The molecule has 0 aliphatic heterocycles. The van der Waals surface area contributed by atoms with Crippen LogP contribution in [-0.2, 0) is 16.4 Å². The lowest BCUT2D eigenvalue weighted by molar-refractivity contribution is 0.477. The molecule has 0 aromatic heterocycles. The number of benzene rings is 2. The summed E-state index contributed by atoms with van der Waals surface area (Å²) in [5.74, 6) is -0.0864. The van der Waals surface area contributed by atoms with E-state index in [0.29, 0.717) is 0 Å². The molecule has 0 spiro atoms. The number of phenolic OH excluding ortho intramolecular Hbond substituents is 1. The summed E-state index contributed by atoms with van der Waals surface area (Å²) in [4.78, 5) is 0.163. The van der Waals surface area contributed by atoms with Gasteiger partial charge in [0.15, 0.2) is 0 Å². The molecule has 0 amide bonds. The van der Waals surface area contributed by atoms with E-state index in [1.807, 2.05) is 6.92 Å². The Hall–Kier alpha value is -2.01. The lowest BCUT2D eigenvalue weighted by atomic mass is 10.1. The number of nitrogens with one attached hydrogen (secondary N) is 1. The van der Waals surface area contributed by atoms with Gasteiger partial charge in [-0.2, -0.15) is 0 Å². The third-order valence-corrected chi connectivity index (χ3v) is 4.15. The number of phenols is 1. The van der Waals surface area contributed by atoms with Gasteiger partial charge in [-0.15, -0.1) is 0 Å². The van der Waals surface area contributed by atoms with Gasteiger partial charge in [-0.05, 0) is 36.2 Å². The van der Waals surface area contributed by atoms with E-state index in [9.17, 15) is 13.5 Å². The number of rotatable bonds is 4. The van der Waals surface area contributed by atoms with Crippen LogP contribution in [0.1, 0.15) is 12.5 Å². The maximum atomic E-state index is 12.1. The summed E-state index contributed by atoms with van der Waals surface area (Å²) in [5, 5.41) is 9.71. The molecule has 0 fully saturated rings. The Kier molecular flexibility index (Phi) is 3.76. The summed E-state index contributed by atoms with van der Waals surface area (Å²) >= 11 is 0. The first kappa shape index (κ1) is 13.4. The zero-order valence-corrected chi connectivity index (χ0v) is 11.3. The van der Waals surface area contributed by atoms with Crippen LogP contribution in [0.2, 0.25) is 0 Å². The topological polar surface area (TPSA) is 66.4 Å².